The third-order valence-electron chi connectivity index (χ3n) is 3.43. The SMILES string of the molecule is COc1ccc(NN2C(=O)OC(C)(C)C2(C)O)cc1. The van der Waals surface area contributed by atoms with E-state index in [1.165, 1.54) is 6.92 Å². The highest BCUT2D eigenvalue weighted by Gasteiger charge is 2.57. The summed E-state index contributed by atoms with van der Waals surface area (Å²) in [5.41, 5.74) is 1.04. The van der Waals surface area contributed by atoms with Gasteiger partial charge < -0.3 is 14.6 Å². The van der Waals surface area contributed by atoms with Crippen molar-refractivity contribution in [2.75, 3.05) is 12.5 Å². The van der Waals surface area contributed by atoms with E-state index in [9.17, 15) is 9.90 Å². The second-order valence-electron chi connectivity index (χ2n) is 5.07. The predicted octanol–water partition coefficient (Wildman–Crippen LogP) is 1.96. The lowest BCUT2D eigenvalue weighted by Crippen LogP contribution is -2.55. The Balaban J connectivity index is 2.20. The van der Waals surface area contributed by atoms with Crippen LogP contribution < -0.4 is 10.2 Å². The Bertz CT molecular complexity index is 482. The molecule has 6 heteroatoms. The van der Waals surface area contributed by atoms with E-state index < -0.39 is 17.4 Å². The number of hydrogen-bond donors (Lipinski definition) is 2. The Kier molecular flexibility index (Phi) is 3.06. The van der Waals surface area contributed by atoms with E-state index in [-0.39, 0.29) is 0 Å². The number of hydrazine groups is 1. The number of carbonyl (C=O) groups excluding carboxylic acids is 1. The number of anilines is 1. The first-order valence-corrected chi connectivity index (χ1v) is 5.94. The van der Waals surface area contributed by atoms with Crippen molar-refractivity contribution in [2.24, 2.45) is 0 Å². The topological polar surface area (TPSA) is 71.0 Å². The molecule has 2 rings (SSSR count). The smallest absolute Gasteiger partial charge is 0.432 e. The molecular formula is C13H18N2O4. The second-order valence-corrected chi connectivity index (χ2v) is 5.07. The standard InChI is InChI=1S/C13H18N2O4/c1-12(2)13(3,17)15(11(16)19-12)14-9-5-7-10(18-4)8-6-9/h5-8,14,17H,1-4H3. The van der Waals surface area contributed by atoms with Gasteiger partial charge in [-0.1, -0.05) is 0 Å². The minimum absolute atomic E-state index is 0.620. The van der Waals surface area contributed by atoms with Crippen molar-refractivity contribution < 1.29 is 19.4 Å². The predicted molar refractivity (Wildman–Crippen MR) is 69.6 cm³/mol. The van der Waals surface area contributed by atoms with Crippen LogP contribution in [0.2, 0.25) is 0 Å². The van der Waals surface area contributed by atoms with Crippen LogP contribution in [0.5, 0.6) is 5.75 Å². The summed E-state index contributed by atoms with van der Waals surface area (Å²) in [5, 5.41) is 11.5. The molecule has 104 valence electrons. The Labute approximate surface area is 111 Å². The monoisotopic (exact) mass is 266 g/mol. The van der Waals surface area contributed by atoms with Crippen LogP contribution in [-0.2, 0) is 4.74 Å². The average Bonchev–Trinajstić information content (AvgIpc) is 2.49. The zero-order valence-electron chi connectivity index (χ0n) is 11.4. The van der Waals surface area contributed by atoms with Crippen molar-refractivity contribution >= 4 is 11.8 Å². The van der Waals surface area contributed by atoms with Crippen LogP contribution >= 0.6 is 0 Å². The second kappa shape index (κ2) is 4.31. The van der Waals surface area contributed by atoms with Gasteiger partial charge in [0.2, 0.25) is 0 Å². The molecule has 1 atom stereocenters. The van der Waals surface area contributed by atoms with Crippen molar-refractivity contribution in [3.05, 3.63) is 24.3 Å². The molecule has 6 nitrogen and oxygen atoms in total. The molecular weight excluding hydrogens is 248 g/mol. The summed E-state index contributed by atoms with van der Waals surface area (Å²) in [6.07, 6.45) is -0.620. The molecule has 1 saturated heterocycles. The fourth-order valence-electron chi connectivity index (χ4n) is 1.76. The lowest BCUT2D eigenvalue weighted by atomic mass is 9.97. The van der Waals surface area contributed by atoms with Crippen LogP contribution in [0, 0.1) is 0 Å². The first-order chi connectivity index (χ1) is 8.78. The maximum Gasteiger partial charge on any atom is 0.432 e. The van der Waals surface area contributed by atoms with Crippen LogP contribution in [0.4, 0.5) is 10.5 Å². The van der Waals surface area contributed by atoms with Crippen LogP contribution in [0.3, 0.4) is 0 Å². The normalized spacial score (nSPS) is 25.1. The minimum Gasteiger partial charge on any atom is -0.497 e. The van der Waals surface area contributed by atoms with E-state index in [2.05, 4.69) is 5.43 Å². The molecule has 1 aromatic rings. The minimum atomic E-state index is -1.45. The molecule has 1 aliphatic heterocycles. The molecule has 0 bridgehead atoms. The summed E-state index contributed by atoms with van der Waals surface area (Å²) in [7, 11) is 1.58. The maximum atomic E-state index is 11.8. The van der Waals surface area contributed by atoms with Gasteiger partial charge in [0.25, 0.3) is 0 Å². The lowest BCUT2D eigenvalue weighted by molar-refractivity contribution is -0.121. The van der Waals surface area contributed by atoms with Crippen LogP contribution in [0.1, 0.15) is 20.8 Å². The van der Waals surface area contributed by atoms with E-state index in [0.717, 1.165) is 5.01 Å². The maximum absolute atomic E-state index is 11.8. The third kappa shape index (κ3) is 2.19. The van der Waals surface area contributed by atoms with E-state index in [0.29, 0.717) is 11.4 Å². The van der Waals surface area contributed by atoms with Crippen molar-refractivity contribution in [1.29, 1.82) is 0 Å². The number of carbonyl (C=O) groups is 1. The van der Waals surface area contributed by atoms with Crippen LogP contribution in [0.15, 0.2) is 24.3 Å². The van der Waals surface area contributed by atoms with Gasteiger partial charge in [-0.15, -0.1) is 0 Å². The number of nitrogens with zero attached hydrogens (tertiary/aromatic N) is 1. The van der Waals surface area contributed by atoms with Crippen molar-refractivity contribution in [3.63, 3.8) is 0 Å². The average molecular weight is 266 g/mol. The molecule has 2 N–H and O–H groups in total. The molecule has 1 aromatic carbocycles. The number of aliphatic hydroxyl groups is 1. The van der Waals surface area contributed by atoms with E-state index in [1.807, 2.05) is 0 Å². The number of methoxy groups -OCH3 is 1. The third-order valence-corrected chi connectivity index (χ3v) is 3.43. The molecule has 0 aliphatic carbocycles. The van der Waals surface area contributed by atoms with Gasteiger partial charge in [0.05, 0.1) is 12.8 Å². The number of nitrogens with one attached hydrogen (secondary N) is 1. The summed E-state index contributed by atoms with van der Waals surface area (Å²) >= 11 is 0. The molecule has 0 spiro atoms. The largest absolute Gasteiger partial charge is 0.497 e. The Hall–Kier alpha value is -1.95. The summed E-state index contributed by atoms with van der Waals surface area (Å²) in [6, 6.07) is 6.99. The molecule has 1 unspecified atom stereocenters. The van der Waals surface area contributed by atoms with Gasteiger partial charge in [-0.2, -0.15) is 5.01 Å². The van der Waals surface area contributed by atoms with E-state index in [4.69, 9.17) is 9.47 Å². The zero-order valence-corrected chi connectivity index (χ0v) is 11.4. The number of cyclic esters (lactones) is 1. The summed E-state index contributed by atoms with van der Waals surface area (Å²) < 4.78 is 10.2. The highest BCUT2D eigenvalue weighted by molar-refractivity contribution is 5.74. The van der Waals surface area contributed by atoms with Gasteiger partial charge in [0, 0.05) is 0 Å². The van der Waals surface area contributed by atoms with Crippen molar-refractivity contribution in [3.8, 4) is 5.75 Å². The van der Waals surface area contributed by atoms with Crippen LogP contribution in [0.25, 0.3) is 0 Å². The fourth-order valence-corrected chi connectivity index (χ4v) is 1.76. The van der Waals surface area contributed by atoms with E-state index in [1.54, 1.807) is 45.2 Å². The Morgan fingerprint density at radius 1 is 1.26 bits per heavy atom. The number of ether oxygens (including phenoxy) is 2. The van der Waals surface area contributed by atoms with Gasteiger partial charge in [0.15, 0.2) is 11.3 Å². The molecule has 1 aliphatic rings. The first-order valence-electron chi connectivity index (χ1n) is 5.94. The van der Waals surface area contributed by atoms with Gasteiger partial charge in [0.1, 0.15) is 5.75 Å². The first kappa shape index (κ1) is 13.5. The fraction of sp³-hybridized carbons (Fsp3) is 0.462. The number of hydrogen-bond acceptors (Lipinski definition) is 5. The van der Waals surface area contributed by atoms with E-state index >= 15 is 0 Å². The van der Waals surface area contributed by atoms with Gasteiger partial charge >= 0.3 is 6.09 Å². The zero-order chi connectivity index (χ0) is 14.3. The number of amides is 1. The van der Waals surface area contributed by atoms with Gasteiger partial charge in [-0.05, 0) is 45.0 Å². The molecule has 0 saturated carbocycles. The lowest BCUT2D eigenvalue weighted by Gasteiger charge is -2.34. The molecule has 1 fully saturated rings. The Morgan fingerprint density at radius 2 is 1.84 bits per heavy atom. The highest BCUT2D eigenvalue weighted by Crippen LogP contribution is 2.36. The summed E-state index contributed by atoms with van der Waals surface area (Å²) in [5.74, 6) is 0.710. The van der Waals surface area contributed by atoms with Crippen molar-refractivity contribution in [2.45, 2.75) is 32.1 Å². The molecule has 1 heterocycles. The van der Waals surface area contributed by atoms with Crippen LogP contribution in [-0.4, -0.2) is 34.6 Å². The molecule has 0 radical (unpaired) electrons. The number of benzene rings is 1. The summed E-state index contributed by atoms with van der Waals surface area (Å²) in [6.45, 7) is 4.83. The quantitative estimate of drug-likeness (QED) is 0.875. The highest BCUT2D eigenvalue weighted by atomic mass is 16.6. The number of rotatable bonds is 3. The van der Waals surface area contributed by atoms with Gasteiger partial charge in [-0.25, -0.2) is 4.79 Å². The summed E-state index contributed by atoms with van der Waals surface area (Å²) in [4.78, 5) is 11.8. The Morgan fingerprint density at radius 3 is 2.26 bits per heavy atom. The molecule has 19 heavy (non-hydrogen) atoms. The van der Waals surface area contributed by atoms with Crippen molar-refractivity contribution in [1.82, 2.24) is 5.01 Å². The molecule has 1 amide bonds. The van der Waals surface area contributed by atoms with Gasteiger partial charge in [-0.3, -0.25) is 5.43 Å². The molecule has 0 aromatic heterocycles.